The van der Waals surface area contributed by atoms with Crippen LogP contribution in [0.1, 0.15) is 19.8 Å². The lowest BCUT2D eigenvalue weighted by Crippen LogP contribution is -2.38. The summed E-state index contributed by atoms with van der Waals surface area (Å²) in [6.07, 6.45) is 5.43. The molecule has 0 aliphatic rings. The Balaban J connectivity index is 3.71. The third-order valence-electron chi connectivity index (χ3n) is 1.24. The Hall–Kier alpha value is -1.50. The molecule has 0 rings (SSSR count). The van der Waals surface area contributed by atoms with E-state index in [1.165, 1.54) is 6.92 Å². The van der Waals surface area contributed by atoms with Crippen LogP contribution in [0.15, 0.2) is 0 Å². The summed E-state index contributed by atoms with van der Waals surface area (Å²) in [4.78, 5) is 21.1. The second-order valence-corrected chi connectivity index (χ2v) is 2.33. The number of terminal acetylenes is 1. The molecule has 0 aromatic rings. The predicted octanol–water partition coefficient (Wildman–Crippen LogP) is -0.0109. The van der Waals surface area contributed by atoms with Crippen LogP contribution in [0.25, 0.3) is 0 Å². The highest BCUT2D eigenvalue weighted by Gasteiger charge is 2.12. The fourth-order valence-electron chi connectivity index (χ4n) is 0.561. The van der Waals surface area contributed by atoms with Crippen molar-refractivity contribution >= 4 is 11.9 Å². The van der Waals surface area contributed by atoms with Crippen LogP contribution in [0.3, 0.4) is 0 Å². The maximum atomic E-state index is 10.8. The van der Waals surface area contributed by atoms with E-state index in [0.717, 1.165) is 0 Å². The highest BCUT2D eigenvalue weighted by atomic mass is 16.4. The van der Waals surface area contributed by atoms with Crippen molar-refractivity contribution in [1.29, 1.82) is 0 Å². The number of hydrogen-bond donors (Lipinski definition) is 2. The lowest BCUT2D eigenvalue weighted by molar-refractivity contribution is -0.141. The zero-order valence-electron chi connectivity index (χ0n) is 6.83. The van der Waals surface area contributed by atoms with Crippen LogP contribution in [0, 0.1) is 12.3 Å². The number of carbonyl (C=O) groups excluding carboxylic acids is 1. The molecule has 1 amide bonds. The van der Waals surface area contributed by atoms with Crippen molar-refractivity contribution in [3.63, 3.8) is 0 Å². The minimum absolute atomic E-state index is 0.175. The molecule has 0 aliphatic carbocycles. The van der Waals surface area contributed by atoms with Crippen LogP contribution in [0.4, 0.5) is 0 Å². The molecule has 0 aromatic carbocycles. The zero-order chi connectivity index (χ0) is 9.56. The molecule has 0 bridgehead atoms. The number of hydrogen-bond acceptors (Lipinski definition) is 2. The Kier molecular flexibility index (Phi) is 4.54. The standard InChI is InChI=1S/C8H11NO3/c1-3-4-5-7(10)9-6(2)8(11)12/h1,6H,4-5H2,2H3,(H,9,10)(H,11,12)/t6-/m1/s1. The van der Waals surface area contributed by atoms with Gasteiger partial charge in [-0.3, -0.25) is 9.59 Å². The van der Waals surface area contributed by atoms with Crippen molar-refractivity contribution in [1.82, 2.24) is 5.32 Å². The van der Waals surface area contributed by atoms with Gasteiger partial charge in [-0.25, -0.2) is 0 Å². The molecule has 0 saturated carbocycles. The quantitative estimate of drug-likeness (QED) is 0.581. The van der Waals surface area contributed by atoms with Gasteiger partial charge in [-0.15, -0.1) is 12.3 Å². The molecule has 0 aliphatic heterocycles. The van der Waals surface area contributed by atoms with E-state index < -0.39 is 12.0 Å². The summed E-state index contributed by atoms with van der Waals surface area (Å²) in [6, 6.07) is -0.852. The first-order valence-corrected chi connectivity index (χ1v) is 3.53. The zero-order valence-corrected chi connectivity index (χ0v) is 6.83. The molecular formula is C8H11NO3. The predicted molar refractivity (Wildman–Crippen MR) is 43.3 cm³/mol. The van der Waals surface area contributed by atoms with Gasteiger partial charge in [-0.05, 0) is 6.92 Å². The molecule has 12 heavy (non-hydrogen) atoms. The normalized spacial score (nSPS) is 11.3. The molecule has 0 heterocycles. The van der Waals surface area contributed by atoms with E-state index in [0.29, 0.717) is 6.42 Å². The maximum Gasteiger partial charge on any atom is 0.325 e. The van der Waals surface area contributed by atoms with Crippen LogP contribution in [-0.2, 0) is 9.59 Å². The van der Waals surface area contributed by atoms with E-state index >= 15 is 0 Å². The average Bonchev–Trinajstić information content (AvgIpc) is 2.00. The minimum atomic E-state index is -1.05. The molecule has 0 saturated heterocycles. The van der Waals surface area contributed by atoms with Crippen molar-refractivity contribution in [2.45, 2.75) is 25.8 Å². The monoisotopic (exact) mass is 169 g/mol. The first-order valence-electron chi connectivity index (χ1n) is 3.53. The molecule has 0 fully saturated rings. The van der Waals surface area contributed by atoms with Crippen LogP contribution in [-0.4, -0.2) is 23.0 Å². The second kappa shape index (κ2) is 5.19. The molecule has 0 aromatic heterocycles. The van der Waals surface area contributed by atoms with Crippen molar-refractivity contribution in [3.05, 3.63) is 0 Å². The van der Waals surface area contributed by atoms with Gasteiger partial charge in [-0.2, -0.15) is 0 Å². The van der Waals surface area contributed by atoms with E-state index in [9.17, 15) is 9.59 Å². The van der Waals surface area contributed by atoms with E-state index in [1.54, 1.807) is 0 Å². The molecule has 4 nitrogen and oxygen atoms in total. The number of rotatable bonds is 4. The maximum absolute atomic E-state index is 10.8. The number of carboxylic acids is 1. The Morgan fingerprint density at radius 3 is 2.67 bits per heavy atom. The van der Waals surface area contributed by atoms with E-state index in [-0.39, 0.29) is 12.3 Å². The van der Waals surface area contributed by atoms with Gasteiger partial charge >= 0.3 is 5.97 Å². The van der Waals surface area contributed by atoms with E-state index in [4.69, 9.17) is 11.5 Å². The number of carbonyl (C=O) groups is 2. The smallest absolute Gasteiger partial charge is 0.325 e. The summed E-state index contributed by atoms with van der Waals surface area (Å²) in [7, 11) is 0. The fourth-order valence-corrected chi connectivity index (χ4v) is 0.561. The Bertz CT molecular complexity index is 217. The van der Waals surface area contributed by atoms with Gasteiger partial charge < -0.3 is 10.4 Å². The average molecular weight is 169 g/mol. The van der Waals surface area contributed by atoms with E-state index in [2.05, 4.69) is 11.2 Å². The first kappa shape index (κ1) is 10.5. The number of amides is 1. The van der Waals surface area contributed by atoms with Crippen molar-refractivity contribution in [2.75, 3.05) is 0 Å². The SMILES string of the molecule is C#CCCC(=O)N[C@H](C)C(=O)O. The lowest BCUT2D eigenvalue weighted by Gasteiger charge is -2.07. The molecule has 66 valence electrons. The third kappa shape index (κ3) is 4.34. The van der Waals surface area contributed by atoms with Gasteiger partial charge in [0.15, 0.2) is 0 Å². The third-order valence-corrected chi connectivity index (χ3v) is 1.24. The second-order valence-electron chi connectivity index (χ2n) is 2.33. The van der Waals surface area contributed by atoms with Crippen LogP contribution in [0.5, 0.6) is 0 Å². The first-order chi connectivity index (χ1) is 5.57. The van der Waals surface area contributed by atoms with Crippen molar-refractivity contribution < 1.29 is 14.7 Å². The summed E-state index contributed by atoms with van der Waals surface area (Å²) in [5, 5.41) is 10.7. The molecular weight excluding hydrogens is 158 g/mol. The fraction of sp³-hybridized carbons (Fsp3) is 0.500. The highest BCUT2D eigenvalue weighted by molar-refractivity contribution is 5.83. The topological polar surface area (TPSA) is 66.4 Å². The minimum Gasteiger partial charge on any atom is -0.480 e. The van der Waals surface area contributed by atoms with Gasteiger partial charge in [0.2, 0.25) is 5.91 Å². The molecule has 0 radical (unpaired) electrons. The Morgan fingerprint density at radius 2 is 2.25 bits per heavy atom. The van der Waals surface area contributed by atoms with Crippen molar-refractivity contribution in [3.8, 4) is 12.3 Å². The molecule has 0 spiro atoms. The number of carboxylic acid groups (broad SMARTS) is 1. The van der Waals surface area contributed by atoms with Gasteiger partial charge in [0.1, 0.15) is 6.04 Å². The van der Waals surface area contributed by atoms with Crippen molar-refractivity contribution in [2.24, 2.45) is 0 Å². The Morgan fingerprint density at radius 1 is 1.67 bits per heavy atom. The summed E-state index contributed by atoms with van der Waals surface area (Å²) < 4.78 is 0. The molecule has 4 heteroatoms. The lowest BCUT2D eigenvalue weighted by atomic mass is 10.2. The van der Waals surface area contributed by atoms with Crippen LogP contribution >= 0.6 is 0 Å². The largest absolute Gasteiger partial charge is 0.480 e. The Labute approximate surface area is 71.0 Å². The summed E-state index contributed by atoms with van der Waals surface area (Å²) in [5.74, 6) is 0.910. The van der Waals surface area contributed by atoms with E-state index in [1.807, 2.05) is 0 Å². The molecule has 2 N–H and O–H groups in total. The van der Waals surface area contributed by atoms with Gasteiger partial charge in [0.25, 0.3) is 0 Å². The summed E-state index contributed by atoms with van der Waals surface area (Å²) >= 11 is 0. The van der Waals surface area contributed by atoms with Gasteiger partial charge in [0, 0.05) is 12.8 Å². The molecule has 1 atom stereocenters. The molecule has 0 unspecified atom stereocenters. The number of nitrogens with one attached hydrogen (secondary N) is 1. The highest BCUT2D eigenvalue weighted by Crippen LogP contribution is 1.88. The van der Waals surface area contributed by atoms with Crippen LogP contribution in [0.2, 0.25) is 0 Å². The van der Waals surface area contributed by atoms with Gasteiger partial charge in [0.05, 0.1) is 0 Å². The van der Waals surface area contributed by atoms with Gasteiger partial charge in [-0.1, -0.05) is 0 Å². The number of aliphatic carboxylic acids is 1. The summed E-state index contributed by atoms with van der Waals surface area (Å²) in [5.41, 5.74) is 0. The summed E-state index contributed by atoms with van der Waals surface area (Å²) in [6.45, 7) is 1.40. The van der Waals surface area contributed by atoms with Crippen LogP contribution < -0.4 is 5.32 Å².